The normalized spacial score (nSPS) is 20.1. The van der Waals surface area contributed by atoms with Crippen LogP contribution in [0.2, 0.25) is 5.02 Å². The molecule has 0 bridgehead atoms. The quantitative estimate of drug-likeness (QED) is 0.805. The number of hydrogen-bond acceptors (Lipinski definition) is 1. The lowest BCUT2D eigenvalue weighted by Gasteiger charge is -2.13. The van der Waals surface area contributed by atoms with Gasteiger partial charge in [-0.25, -0.2) is 9.18 Å². The van der Waals surface area contributed by atoms with E-state index in [0.717, 1.165) is 5.56 Å². The van der Waals surface area contributed by atoms with Crippen molar-refractivity contribution >= 4 is 17.6 Å². The Balaban J connectivity index is 2.14. The monoisotopic (exact) mass is 241 g/mol. The van der Waals surface area contributed by atoms with Gasteiger partial charge in [0.05, 0.1) is 5.02 Å². The van der Waals surface area contributed by atoms with Crippen LogP contribution in [0, 0.1) is 12.2 Å². The van der Waals surface area contributed by atoms with E-state index in [4.69, 9.17) is 17.3 Å². The maximum atomic E-state index is 13.2. The summed E-state index contributed by atoms with van der Waals surface area (Å²) in [5.41, 5.74) is 5.97. The lowest BCUT2D eigenvalue weighted by atomic mass is 9.98. The van der Waals surface area contributed by atoms with Gasteiger partial charge in [0.15, 0.2) is 0 Å². The first-order valence-electron chi connectivity index (χ1n) is 4.90. The van der Waals surface area contributed by atoms with Crippen LogP contribution in [0.25, 0.3) is 0 Å². The molecule has 1 aromatic carbocycles. The largest absolute Gasteiger partial charge is 0.351 e. The third-order valence-electron chi connectivity index (χ3n) is 2.71. The van der Waals surface area contributed by atoms with E-state index in [9.17, 15) is 9.18 Å². The van der Waals surface area contributed by atoms with Crippen LogP contribution in [-0.2, 0) is 0 Å². The standard InChI is InChI=1S/C11H11ClFN2O/c12-9-2-1-7(5-10(9)13)8-3-4-15(6-8)11(14)16/h1-3,5,8H,4,6H2,(H2,14,16)/t8-/m0/s1. The molecule has 3 nitrogen and oxygen atoms in total. The van der Waals surface area contributed by atoms with Crippen LogP contribution in [0.5, 0.6) is 0 Å². The summed E-state index contributed by atoms with van der Waals surface area (Å²) in [7, 11) is 0. The van der Waals surface area contributed by atoms with Crippen molar-refractivity contribution < 1.29 is 9.18 Å². The summed E-state index contributed by atoms with van der Waals surface area (Å²) in [6, 6.07) is 4.23. The molecular weight excluding hydrogens is 231 g/mol. The highest BCUT2D eigenvalue weighted by Crippen LogP contribution is 2.28. The summed E-state index contributed by atoms with van der Waals surface area (Å²) in [6.45, 7) is 1.00. The minimum Gasteiger partial charge on any atom is -0.351 e. The number of halogens is 2. The minimum absolute atomic E-state index is 0.0271. The van der Waals surface area contributed by atoms with E-state index in [0.29, 0.717) is 13.1 Å². The Labute approximate surface area is 98.0 Å². The average Bonchev–Trinajstić information content (AvgIpc) is 2.71. The molecule has 1 aliphatic rings. The van der Waals surface area contributed by atoms with Gasteiger partial charge in [-0.05, 0) is 24.1 Å². The number of primary amides is 1. The molecule has 1 fully saturated rings. The number of carbonyl (C=O) groups is 1. The van der Waals surface area contributed by atoms with Crippen LogP contribution in [-0.4, -0.2) is 24.0 Å². The summed E-state index contributed by atoms with van der Waals surface area (Å²) in [6.07, 6.45) is 1.94. The fraction of sp³-hybridized carbons (Fsp3) is 0.273. The van der Waals surface area contributed by atoms with Gasteiger partial charge in [0.2, 0.25) is 0 Å². The van der Waals surface area contributed by atoms with Crippen molar-refractivity contribution in [3.05, 3.63) is 41.0 Å². The van der Waals surface area contributed by atoms with Crippen LogP contribution in [0.3, 0.4) is 0 Å². The molecule has 5 heteroatoms. The van der Waals surface area contributed by atoms with Crippen LogP contribution >= 0.6 is 11.6 Å². The van der Waals surface area contributed by atoms with Gasteiger partial charge in [0.25, 0.3) is 0 Å². The van der Waals surface area contributed by atoms with E-state index in [1.54, 1.807) is 6.07 Å². The molecule has 16 heavy (non-hydrogen) atoms. The fourth-order valence-corrected chi connectivity index (χ4v) is 1.92. The molecule has 1 saturated heterocycles. The topological polar surface area (TPSA) is 46.3 Å². The third-order valence-corrected chi connectivity index (χ3v) is 3.02. The predicted octanol–water partition coefficient (Wildman–Crippen LogP) is 2.16. The molecular formula is C11H11ClFN2O. The Morgan fingerprint density at radius 3 is 2.88 bits per heavy atom. The van der Waals surface area contributed by atoms with Gasteiger partial charge in [-0.2, -0.15) is 0 Å². The zero-order valence-corrected chi connectivity index (χ0v) is 9.25. The molecule has 1 atom stereocenters. The van der Waals surface area contributed by atoms with Crippen molar-refractivity contribution in [2.75, 3.05) is 13.1 Å². The van der Waals surface area contributed by atoms with Crippen molar-refractivity contribution in [1.82, 2.24) is 4.90 Å². The van der Waals surface area contributed by atoms with Gasteiger partial charge in [0.1, 0.15) is 5.82 Å². The number of amides is 2. The zero-order chi connectivity index (χ0) is 11.7. The highest BCUT2D eigenvalue weighted by atomic mass is 35.5. The first kappa shape index (κ1) is 11.2. The molecule has 85 valence electrons. The Bertz CT molecular complexity index is 424. The van der Waals surface area contributed by atoms with E-state index < -0.39 is 11.8 Å². The second-order valence-electron chi connectivity index (χ2n) is 3.76. The predicted molar refractivity (Wildman–Crippen MR) is 59.6 cm³/mol. The summed E-state index contributed by atoms with van der Waals surface area (Å²) < 4.78 is 13.2. The number of nitrogens with two attached hydrogens (primary N) is 1. The third kappa shape index (κ3) is 2.11. The zero-order valence-electron chi connectivity index (χ0n) is 8.49. The highest BCUT2D eigenvalue weighted by Gasteiger charge is 2.26. The Morgan fingerprint density at radius 1 is 1.56 bits per heavy atom. The van der Waals surface area contributed by atoms with Crippen LogP contribution < -0.4 is 5.73 Å². The van der Waals surface area contributed by atoms with E-state index >= 15 is 0 Å². The first-order valence-corrected chi connectivity index (χ1v) is 5.28. The Morgan fingerprint density at radius 2 is 2.31 bits per heavy atom. The summed E-state index contributed by atoms with van der Waals surface area (Å²) in [4.78, 5) is 12.4. The molecule has 0 unspecified atom stereocenters. The number of benzene rings is 1. The smallest absolute Gasteiger partial charge is 0.314 e. The minimum atomic E-state index is -0.451. The van der Waals surface area contributed by atoms with E-state index in [2.05, 4.69) is 0 Å². The Kier molecular flexibility index (Phi) is 3.01. The number of carbonyl (C=O) groups excluding carboxylic acids is 1. The van der Waals surface area contributed by atoms with Crippen LogP contribution in [0.1, 0.15) is 11.5 Å². The molecule has 1 heterocycles. The van der Waals surface area contributed by atoms with Gasteiger partial charge < -0.3 is 10.6 Å². The molecule has 2 N–H and O–H groups in total. The maximum Gasteiger partial charge on any atom is 0.314 e. The molecule has 1 aliphatic heterocycles. The SMILES string of the molecule is NC(=O)N1C[CH][C@H](c2ccc(Cl)c(F)c2)C1. The molecule has 1 radical (unpaired) electrons. The number of hydrogen-bond donors (Lipinski definition) is 1. The molecule has 0 aliphatic carbocycles. The molecule has 1 aromatic rings. The van der Waals surface area contributed by atoms with Crippen LogP contribution in [0.4, 0.5) is 9.18 Å². The van der Waals surface area contributed by atoms with Gasteiger partial charge in [0, 0.05) is 19.0 Å². The number of urea groups is 1. The number of rotatable bonds is 1. The summed E-state index contributed by atoms with van der Waals surface area (Å²) in [5.74, 6) is -0.413. The van der Waals surface area contributed by atoms with Crippen molar-refractivity contribution in [3.8, 4) is 0 Å². The maximum absolute atomic E-state index is 13.2. The van der Waals surface area contributed by atoms with Crippen molar-refractivity contribution in [1.29, 1.82) is 0 Å². The number of likely N-dealkylation sites (tertiary alicyclic amines) is 1. The molecule has 0 aromatic heterocycles. The lowest BCUT2D eigenvalue weighted by molar-refractivity contribution is 0.218. The summed E-state index contributed by atoms with van der Waals surface area (Å²) >= 11 is 5.60. The van der Waals surface area contributed by atoms with Crippen molar-refractivity contribution in [2.24, 2.45) is 5.73 Å². The van der Waals surface area contributed by atoms with Gasteiger partial charge in [-0.3, -0.25) is 0 Å². The highest BCUT2D eigenvalue weighted by molar-refractivity contribution is 6.30. The molecule has 0 spiro atoms. The molecule has 2 amide bonds. The fourth-order valence-electron chi connectivity index (χ4n) is 1.81. The first-order chi connectivity index (χ1) is 7.58. The summed E-state index contributed by atoms with van der Waals surface area (Å²) in [5, 5.41) is 0.105. The Hall–Kier alpha value is -1.29. The van der Waals surface area contributed by atoms with Crippen molar-refractivity contribution in [3.63, 3.8) is 0 Å². The van der Waals surface area contributed by atoms with E-state index in [-0.39, 0.29) is 10.9 Å². The van der Waals surface area contributed by atoms with Crippen molar-refractivity contribution in [2.45, 2.75) is 5.92 Å². The molecule has 2 rings (SSSR count). The second-order valence-corrected chi connectivity index (χ2v) is 4.17. The van der Waals surface area contributed by atoms with Gasteiger partial charge in [-0.1, -0.05) is 17.7 Å². The van der Waals surface area contributed by atoms with Crippen LogP contribution in [0.15, 0.2) is 18.2 Å². The number of nitrogens with zero attached hydrogens (tertiary/aromatic N) is 1. The lowest BCUT2D eigenvalue weighted by Crippen LogP contribution is -2.33. The van der Waals surface area contributed by atoms with E-state index in [1.165, 1.54) is 17.0 Å². The van der Waals surface area contributed by atoms with Gasteiger partial charge >= 0.3 is 6.03 Å². The molecule has 0 saturated carbocycles. The second kappa shape index (κ2) is 4.29. The van der Waals surface area contributed by atoms with Gasteiger partial charge in [-0.15, -0.1) is 0 Å². The van der Waals surface area contributed by atoms with E-state index in [1.807, 2.05) is 6.42 Å². The average molecular weight is 242 g/mol.